The number of hydrogen-bond acceptors (Lipinski definition) is 4. The van der Waals surface area contributed by atoms with Crippen LogP contribution in [0.3, 0.4) is 0 Å². The zero-order valence-corrected chi connectivity index (χ0v) is 13.8. The third-order valence-electron chi connectivity index (χ3n) is 4.03. The molecule has 1 fully saturated rings. The Morgan fingerprint density at radius 2 is 1.83 bits per heavy atom. The summed E-state index contributed by atoms with van der Waals surface area (Å²) in [5.41, 5.74) is 1.18. The molecule has 0 radical (unpaired) electrons. The summed E-state index contributed by atoms with van der Waals surface area (Å²) in [7, 11) is -3.21. The molecule has 0 atom stereocenters. The molecule has 122 valence electrons. The second kappa shape index (κ2) is 6.25. The molecule has 1 amide bonds. The van der Waals surface area contributed by atoms with Gasteiger partial charge in [-0.3, -0.25) is 4.79 Å². The minimum absolute atomic E-state index is 0.147. The topological polar surface area (TPSA) is 70.6 Å². The van der Waals surface area contributed by atoms with Crippen LogP contribution < -0.4 is 0 Å². The van der Waals surface area contributed by atoms with Gasteiger partial charge in [-0.25, -0.2) is 17.7 Å². The van der Waals surface area contributed by atoms with Crippen molar-refractivity contribution in [1.29, 1.82) is 0 Å². The van der Waals surface area contributed by atoms with Crippen LogP contribution in [0.4, 0.5) is 0 Å². The molecular formula is C16H19N3O3S. The monoisotopic (exact) mass is 333 g/mol. The van der Waals surface area contributed by atoms with E-state index in [0.29, 0.717) is 38.3 Å². The molecule has 6 nitrogen and oxygen atoms in total. The predicted molar refractivity (Wildman–Crippen MR) is 88.7 cm³/mol. The van der Waals surface area contributed by atoms with E-state index < -0.39 is 10.0 Å². The summed E-state index contributed by atoms with van der Waals surface area (Å²) < 4.78 is 24.7. The number of pyridine rings is 1. The molecule has 3 rings (SSSR count). The fourth-order valence-electron chi connectivity index (χ4n) is 2.78. The van der Waals surface area contributed by atoms with Crippen LogP contribution in [-0.2, 0) is 10.0 Å². The number of hydrogen-bond donors (Lipinski definition) is 0. The quantitative estimate of drug-likeness (QED) is 0.831. The predicted octanol–water partition coefficient (Wildman–Crippen LogP) is 1.34. The van der Waals surface area contributed by atoms with Gasteiger partial charge in [0, 0.05) is 31.6 Å². The van der Waals surface area contributed by atoms with Crippen LogP contribution in [0.2, 0.25) is 0 Å². The Bertz CT molecular complexity index is 835. The lowest BCUT2D eigenvalue weighted by atomic mass is 10.2. The van der Waals surface area contributed by atoms with Crippen molar-refractivity contribution in [2.24, 2.45) is 0 Å². The number of carbonyl (C=O) groups excluding carboxylic acids is 1. The smallest absolute Gasteiger partial charge is 0.272 e. The van der Waals surface area contributed by atoms with Gasteiger partial charge in [0.2, 0.25) is 10.0 Å². The highest BCUT2D eigenvalue weighted by Gasteiger charge is 2.25. The summed E-state index contributed by atoms with van der Waals surface area (Å²) in [6, 6.07) is 11.3. The zero-order chi connectivity index (χ0) is 16.4. The van der Waals surface area contributed by atoms with Gasteiger partial charge in [-0.05, 0) is 18.6 Å². The van der Waals surface area contributed by atoms with Crippen molar-refractivity contribution in [3.05, 3.63) is 42.1 Å². The molecule has 7 heteroatoms. The fraction of sp³-hybridized carbons (Fsp3) is 0.375. The number of amides is 1. The molecule has 1 aromatic carbocycles. The molecule has 0 saturated carbocycles. The standard InChI is InChI=1S/C16H19N3O3S/c1-23(21,22)19-10-4-9-18(11-12-19)16(20)15-8-7-13-5-2-3-6-14(13)17-15/h2-3,5-8H,4,9-12H2,1H3. The number of carbonyl (C=O) groups is 1. The number of para-hydroxylation sites is 1. The average Bonchev–Trinajstić information content (AvgIpc) is 2.79. The minimum atomic E-state index is -3.21. The maximum absolute atomic E-state index is 12.6. The Balaban J connectivity index is 1.79. The lowest BCUT2D eigenvalue weighted by Gasteiger charge is -2.20. The molecule has 0 unspecified atom stereocenters. The molecule has 0 aliphatic carbocycles. The summed E-state index contributed by atoms with van der Waals surface area (Å²) in [4.78, 5) is 18.8. The van der Waals surface area contributed by atoms with Crippen LogP contribution in [0.5, 0.6) is 0 Å². The summed E-state index contributed by atoms with van der Waals surface area (Å²) in [5, 5.41) is 0.989. The van der Waals surface area contributed by atoms with Crippen molar-refractivity contribution in [3.8, 4) is 0 Å². The SMILES string of the molecule is CS(=O)(=O)N1CCCN(C(=O)c2ccc3ccccc3n2)CC1. The van der Waals surface area contributed by atoms with E-state index in [2.05, 4.69) is 4.98 Å². The van der Waals surface area contributed by atoms with Crippen LogP contribution in [-0.4, -0.2) is 60.9 Å². The van der Waals surface area contributed by atoms with Gasteiger partial charge in [0.15, 0.2) is 0 Å². The van der Waals surface area contributed by atoms with Crippen molar-refractivity contribution < 1.29 is 13.2 Å². The first-order valence-corrected chi connectivity index (χ1v) is 9.40. The van der Waals surface area contributed by atoms with Crippen molar-refractivity contribution in [1.82, 2.24) is 14.2 Å². The Kier molecular flexibility index (Phi) is 4.32. The molecule has 0 N–H and O–H groups in total. The van der Waals surface area contributed by atoms with E-state index >= 15 is 0 Å². The van der Waals surface area contributed by atoms with Gasteiger partial charge < -0.3 is 4.90 Å². The van der Waals surface area contributed by atoms with Crippen LogP contribution >= 0.6 is 0 Å². The van der Waals surface area contributed by atoms with Crippen molar-refractivity contribution in [3.63, 3.8) is 0 Å². The average molecular weight is 333 g/mol. The number of sulfonamides is 1. The largest absolute Gasteiger partial charge is 0.336 e. The number of fused-ring (bicyclic) bond motifs is 1. The lowest BCUT2D eigenvalue weighted by Crippen LogP contribution is -2.37. The van der Waals surface area contributed by atoms with E-state index in [9.17, 15) is 13.2 Å². The van der Waals surface area contributed by atoms with Gasteiger partial charge in [-0.2, -0.15) is 0 Å². The zero-order valence-electron chi connectivity index (χ0n) is 13.0. The van der Waals surface area contributed by atoms with E-state index in [1.807, 2.05) is 30.3 Å². The van der Waals surface area contributed by atoms with Gasteiger partial charge in [0.25, 0.3) is 5.91 Å². The summed E-state index contributed by atoms with van der Waals surface area (Å²) >= 11 is 0. The normalized spacial score (nSPS) is 17.2. The maximum Gasteiger partial charge on any atom is 0.272 e. The van der Waals surface area contributed by atoms with Gasteiger partial charge in [-0.15, -0.1) is 0 Å². The van der Waals surface area contributed by atoms with Gasteiger partial charge >= 0.3 is 0 Å². The van der Waals surface area contributed by atoms with Crippen LogP contribution in [0.25, 0.3) is 10.9 Å². The second-order valence-electron chi connectivity index (χ2n) is 5.70. The first-order chi connectivity index (χ1) is 10.9. The van der Waals surface area contributed by atoms with E-state index in [1.54, 1.807) is 11.0 Å². The van der Waals surface area contributed by atoms with E-state index in [-0.39, 0.29) is 5.91 Å². The van der Waals surface area contributed by atoms with Crippen LogP contribution in [0, 0.1) is 0 Å². The molecule has 2 aromatic rings. The summed E-state index contributed by atoms with van der Waals surface area (Å²) in [6.07, 6.45) is 1.84. The molecule has 1 aromatic heterocycles. The summed E-state index contributed by atoms with van der Waals surface area (Å²) in [5.74, 6) is -0.147. The molecule has 2 heterocycles. The van der Waals surface area contributed by atoms with Crippen molar-refractivity contribution in [2.75, 3.05) is 32.4 Å². The molecule has 1 saturated heterocycles. The van der Waals surface area contributed by atoms with E-state index in [4.69, 9.17) is 0 Å². The van der Waals surface area contributed by atoms with E-state index in [1.165, 1.54) is 10.6 Å². The van der Waals surface area contributed by atoms with Gasteiger partial charge in [0.05, 0.1) is 11.8 Å². The fourth-order valence-corrected chi connectivity index (χ4v) is 3.65. The minimum Gasteiger partial charge on any atom is -0.336 e. The summed E-state index contributed by atoms with van der Waals surface area (Å²) in [6.45, 7) is 1.71. The van der Waals surface area contributed by atoms with Gasteiger partial charge in [-0.1, -0.05) is 24.3 Å². The molecule has 1 aliphatic rings. The third kappa shape index (κ3) is 3.51. The Morgan fingerprint density at radius 3 is 2.61 bits per heavy atom. The number of aromatic nitrogens is 1. The van der Waals surface area contributed by atoms with Crippen molar-refractivity contribution >= 4 is 26.8 Å². The van der Waals surface area contributed by atoms with Crippen molar-refractivity contribution in [2.45, 2.75) is 6.42 Å². The van der Waals surface area contributed by atoms with Crippen LogP contribution in [0.15, 0.2) is 36.4 Å². The molecule has 0 spiro atoms. The first kappa shape index (κ1) is 15.9. The number of benzene rings is 1. The molecule has 1 aliphatic heterocycles. The Labute approximate surface area is 135 Å². The highest BCUT2D eigenvalue weighted by atomic mass is 32.2. The Hall–Kier alpha value is -1.99. The number of rotatable bonds is 2. The number of nitrogens with zero attached hydrogens (tertiary/aromatic N) is 3. The highest BCUT2D eigenvalue weighted by molar-refractivity contribution is 7.88. The Morgan fingerprint density at radius 1 is 1.04 bits per heavy atom. The highest BCUT2D eigenvalue weighted by Crippen LogP contribution is 2.14. The molecule has 0 bridgehead atoms. The third-order valence-corrected chi connectivity index (χ3v) is 5.33. The van der Waals surface area contributed by atoms with E-state index in [0.717, 1.165) is 10.9 Å². The van der Waals surface area contributed by atoms with Crippen LogP contribution in [0.1, 0.15) is 16.9 Å². The maximum atomic E-state index is 12.6. The molecule has 23 heavy (non-hydrogen) atoms. The first-order valence-electron chi connectivity index (χ1n) is 7.55. The van der Waals surface area contributed by atoms with Gasteiger partial charge in [0.1, 0.15) is 5.69 Å². The lowest BCUT2D eigenvalue weighted by molar-refractivity contribution is 0.0759. The second-order valence-corrected chi connectivity index (χ2v) is 7.68. The molecular weight excluding hydrogens is 314 g/mol.